The average Bonchev–Trinajstić information content (AvgIpc) is 3.06. The number of hydrogen-bond acceptors (Lipinski definition) is 3. The maximum atomic E-state index is 13.0. The van der Waals surface area contributed by atoms with E-state index in [1.807, 2.05) is 55.5 Å². The molecule has 4 rings (SSSR count). The van der Waals surface area contributed by atoms with Crippen molar-refractivity contribution in [1.82, 2.24) is 10.2 Å². The summed E-state index contributed by atoms with van der Waals surface area (Å²) in [6, 6.07) is 22.3. The standard InChI is InChI=1S/C26H24N2O4/c1-17-6-5-9-21(14-17)20-12-10-19(11-13-20)15-22-24(29)28(26(32)27-22)23(25(30)31)16-18-7-3-2-4-8-18/h2-14,22-23H,15-16H2,1H3,(H,27,32)(H,30,31)/t22-,23-/m0/s1. The molecule has 1 heterocycles. The molecule has 1 aliphatic rings. The summed E-state index contributed by atoms with van der Waals surface area (Å²) < 4.78 is 0. The maximum Gasteiger partial charge on any atom is 0.327 e. The summed E-state index contributed by atoms with van der Waals surface area (Å²) in [6.07, 6.45) is 0.361. The minimum Gasteiger partial charge on any atom is -0.480 e. The third kappa shape index (κ3) is 4.54. The number of carbonyl (C=O) groups excluding carboxylic acids is 2. The second kappa shape index (κ2) is 9.06. The number of imide groups is 1. The minimum atomic E-state index is -1.25. The number of carboxylic acid groups (broad SMARTS) is 1. The molecule has 2 N–H and O–H groups in total. The predicted octanol–water partition coefficient (Wildman–Crippen LogP) is 3.82. The number of amides is 3. The van der Waals surface area contributed by atoms with Gasteiger partial charge in [0.2, 0.25) is 0 Å². The molecule has 6 heteroatoms. The molecular formula is C26H24N2O4. The van der Waals surface area contributed by atoms with Gasteiger partial charge in [-0.25, -0.2) is 14.5 Å². The number of carboxylic acids is 1. The van der Waals surface area contributed by atoms with Crippen LogP contribution in [0.5, 0.6) is 0 Å². The van der Waals surface area contributed by atoms with Crippen LogP contribution in [-0.4, -0.2) is 40.0 Å². The number of nitrogens with zero attached hydrogens (tertiary/aromatic N) is 1. The van der Waals surface area contributed by atoms with Crippen LogP contribution < -0.4 is 5.32 Å². The molecule has 6 nitrogen and oxygen atoms in total. The molecule has 0 aromatic heterocycles. The highest BCUT2D eigenvalue weighted by Crippen LogP contribution is 2.23. The van der Waals surface area contributed by atoms with E-state index in [4.69, 9.17) is 0 Å². The van der Waals surface area contributed by atoms with E-state index >= 15 is 0 Å². The van der Waals surface area contributed by atoms with E-state index in [-0.39, 0.29) is 6.42 Å². The lowest BCUT2D eigenvalue weighted by Crippen LogP contribution is -2.47. The highest BCUT2D eigenvalue weighted by molar-refractivity contribution is 6.07. The topological polar surface area (TPSA) is 86.7 Å². The second-order valence-electron chi connectivity index (χ2n) is 8.02. The first-order valence-electron chi connectivity index (χ1n) is 10.5. The Kier molecular flexibility index (Phi) is 6.03. The summed E-state index contributed by atoms with van der Waals surface area (Å²) in [4.78, 5) is 38.2. The highest BCUT2D eigenvalue weighted by Gasteiger charge is 2.44. The lowest BCUT2D eigenvalue weighted by atomic mass is 9.99. The smallest absolute Gasteiger partial charge is 0.327 e. The van der Waals surface area contributed by atoms with Gasteiger partial charge in [-0.15, -0.1) is 0 Å². The van der Waals surface area contributed by atoms with Crippen LogP contribution >= 0.6 is 0 Å². The van der Waals surface area contributed by atoms with Gasteiger partial charge >= 0.3 is 12.0 Å². The van der Waals surface area contributed by atoms with Gasteiger partial charge in [0.05, 0.1) is 0 Å². The fraction of sp³-hybridized carbons (Fsp3) is 0.192. The number of nitrogens with one attached hydrogen (secondary N) is 1. The fourth-order valence-corrected chi connectivity index (χ4v) is 4.00. The summed E-state index contributed by atoms with van der Waals surface area (Å²) in [5, 5.41) is 12.3. The molecule has 0 bridgehead atoms. The number of benzene rings is 3. The van der Waals surface area contributed by atoms with Gasteiger partial charge in [-0.2, -0.15) is 0 Å². The molecule has 3 aromatic rings. The van der Waals surface area contributed by atoms with E-state index in [0.29, 0.717) is 6.42 Å². The van der Waals surface area contributed by atoms with Crippen LogP contribution in [0, 0.1) is 6.92 Å². The Morgan fingerprint density at radius 2 is 1.66 bits per heavy atom. The van der Waals surface area contributed by atoms with Crippen molar-refractivity contribution in [3.63, 3.8) is 0 Å². The van der Waals surface area contributed by atoms with Crippen LogP contribution in [0.1, 0.15) is 16.7 Å². The summed E-state index contributed by atoms with van der Waals surface area (Å²) in [5.41, 5.74) is 4.98. The van der Waals surface area contributed by atoms with Gasteiger partial charge in [0.25, 0.3) is 5.91 Å². The third-order valence-corrected chi connectivity index (χ3v) is 5.67. The summed E-state index contributed by atoms with van der Waals surface area (Å²) in [6.45, 7) is 2.04. The zero-order valence-corrected chi connectivity index (χ0v) is 17.7. The van der Waals surface area contributed by atoms with Gasteiger partial charge in [-0.05, 0) is 29.2 Å². The number of aliphatic carboxylic acids is 1. The van der Waals surface area contributed by atoms with Crippen molar-refractivity contribution in [3.05, 3.63) is 95.6 Å². The quantitative estimate of drug-likeness (QED) is 0.560. The normalized spacial score (nSPS) is 16.7. The number of hydrogen-bond donors (Lipinski definition) is 2. The molecule has 0 unspecified atom stereocenters. The van der Waals surface area contributed by atoms with Gasteiger partial charge in [0.15, 0.2) is 0 Å². The molecular weight excluding hydrogens is 404 g/mol. The monoisotopic (exact) mass is 428 g/mol. The van der Waals surface area contributed by atoms with E-state index in [2.05, 4.69) is 11.4 Å². The van der Waals surface area contributed by atoms with E-state index in [0.717, 1.165) is 27.2 Å². The average molecular weight is 428 g/mol. The molecule has 162 valence electrons. The Balaban J connectivity index is 1.48. The van der Waals surface area contributed by atoms with Gasteiger partial charge < -0.3 is 10.4 Å². The number of carbonyl (C=O) groups is 3. The van der Waals surface area contributed by atoms with Crippen molar-refractivity contribution in [3.8, 4) is 11.1 Å². The Bertz CT molecular complexity index is 1140. The van der Waals surface area contributed by atoms with Crippen molar-refractivity contribution >= 4 is 17.9 Å². The molecule has 1 aliphatic heterocycles. The Hall–Kier alpha value is -3.93. The molecule has 0 spiro atoms. The van der Waals surface area contributed by atoms with Crippen molar-refractivity contribution in [2.45, 2.75) is 31.8 Å². The van der Waals surface area contributed by atoms with Gasteiger partial charge in [-0.1, -0.05) is 84.4 Å². The summed E-state index contributed by atoms with van der Waals surface area (Å²) in [7, 11) is 0. The number of aryl methyl sites for hydroxylation is 1. The third-order valence-electron chi connectivity index (χ3n) is 5.67. The van der Waals surface area contributed by atoms with Crippen molar-refractivity contribution in [2.75, 3.05) is 0 Å². The van der Waals surface area contributed by atoms with E-state index < -0.39 is 30.0 Å². The first-order chi connectivity index (χ1) is 15.4. The highest BCUT2D eigenvalue weighted by atomic mass is 16.4. The lowest BCUT2D eigenvalue weighted by molar-refractivity contribution is -0.146. The molecule has 1 saturated heterocycles. The van der Waals surface area contributed by atoms with Crippen LogP contribution in [0.4, 0.5) is 4.79 Å². The van der Waals surface area contributed by atoms with Crippen molar-refractivity contribution < 1.29 is 19.5 Å². The largest absolute Gasteiger partial charge is 0.480 e. The molecule has 3 aromatic carbocycles. The fourth-order valence-electron chi connectivity index (χ4n) is 4.00. The van der Waals surface area contributed by atoms with E-state index in [1.54, 1.807) is 24.3 Å². The first kappa shape index (κ1) is 21.3. The Labute approximate surface area is 186 Å². The van der Waals surface area contributed by atoms with Crippen LogP contribution in [0.15, 0.2) is 78.9 Å². The summed E-state index contributed by atoms with van der Waals surface area (Å²) >= 11 is 0. The van der Waals surface area contributed by atoms with Crippen LogP contribution in [0.3, 0.4) is 0 Å². The molecule has 2 atom stereocenters. The first-order valence-corrected chi connectivity index (χ1v) is 10.5. The predicted molar refractivity (Wildman–Crippen MR) is 121 cm³/mol. The van der Waals surface area contributed by atoms with Gasteiger partial charge in [0.1, 0.15) is 12.1 Å². The molecule has 32 heavy (non-hydrogen) atoms. The van der Waals surface area contributed by atoms with Crippen LogP contribution in [0.2, 0.25) is 0 Å². The molecule has 0 aliphatic carbocycles. The van der Waals surface area contributed by atoms with Gasteiger partial charge in [0, 0.05) is 12.8 Å². The molecule has 0 radical (unpaired) electrons. The Morgan fingerprint density at radius 3 is 2.31 bits per heavy atom. The number of urea groups is 1. The molecule has 3 amide bonds. The zero-order chi connectivity index (χ0) is 22.7. The van der Waals surface area contributed by atoms with E-state index in [9.17, 15) is 19.5 Å². The Morgan fingerprint density at radius 1 is 0.938 bits per heavy atom. The minimum absolute atomic E-state index is 0.0627. The van der Waals surface area contributed by atoms with Crippen molar-refractivity contribution in [1.29, 1.82) is 0 Å². The lowest BCUT2D eigenvalue weighted by Gasteiger charge is -2.21. The maximum absolute atomic E-state index is 13.0. The second-order valence-corrected chi connectivity index (χ2v) is 8.02. The number of rotatable bonds is 7. The SMILES string of the molecule is Cc1cccc(-c2ccc(C[C@@H]3NC(=O)N([C@@H](Cc4ccccc4)C(=O)O)C3=O)cc2)c1. The van der Waals surface area contributed by atoms with E-state index in [1.165, 1.54) is 5.56 Å². The summed E-state index contributed by atoms with van der Waals surface area (Å²) in [5.74, 6) is -1.72. The molecule has 0 saturated carbocycles. The van der Waals surface area contributed by atoms with Crippen LogP contribution in [0.25, 0.3) is 11.1 Å². The van der Waals surface area contributed by atoms with Gasteiger partial charge in [-0.3, -0.25) is 4.79 Å². The zero-order valence-electron chi connectivity index (χ0n) is 17.7. The van der Waals surface area contributed by atoms with Crippen LogP contribution in [-0.2, 0) is 22.4 Å². The molecule has 1 fully saturated rings. The van der Waals surface area contributed by atoms with Crippen molar-refractivity contribution in [2.24, 2.45) is 0 Å².